The zero-order chi connectivity index (χ0) is 14.7. The molecule has 0 saturated heterocycles. The Balaban J connectivity index is 2.31. The van der Waals surface area contributed by atoms with Gasteiger partial charge < -0.3 is 0 Å². The number of halogens is 4. The van der Waals surface area contributed by atoms with E-state index in [0.717, 1.165) is 15.6 Å². The van der Waals surface area contributed by atoms with Gasteiger partial charge in [-0.25, -0.2) is 4.39 Å². The molecule has 0 aromatic heterocycles. The first kappa shape index (κ1) is 15.9. The highest BCUT2D eigenvalue weighted by Gasteiger charge is 2.17. The van der Waals surface area contributed by atoms with Crippen LogP contribution in [0.5, 0.6) is 0 Å². The molecule has 0 aliphatic carbocycles. The van der Waals surface area contributed by atoms with E-state index in [9.17, 15) is 4.39 Å². The van der Waals surface area contributed by atoms with E-state index >= 15 is 0 Å². The molecule has 0 bridgehead atoms. The molecule has 2 aromatic carbocycles. The van der Waals surface area contributed by atoms with Crippen LogP contribution >= 0.6 is 43.5 Å². The van der Waals surface area contributed by atoms with Crippen molar-refractivity contribution >= 4 is 43.5 Å². The van der Waals surface area contributed by atoms with E-state index in [1.165, 1.54) is 6.07 Å². The molecule has 20 heavy (non-hydrogen) atoms. The molecule has 0 aliphatic heterocycles. The maximum absolute atomic E-state index is 13.6. The number of hydrazine groups is 1. The minimum atomic E-state index is -0.315. The molecule has 0 spiro atoms. The highest BCUT2D eigenvalue weighted by molar-refractivity contribution is 9.10. The number of nitrogens with one attached hydrogen (secondary N) is 1. The largest absolute Gasteiger partial charge is 0.271 e. The Hall–Kier alpha value is -0.460. The molecule has 2 nitrogen and oxygen atoms in total. The normalized spacial score (nSPS) is 12.4. The van der Waals surface area contributed by atoms with Crippen LogP contribution in [0.2, 0.25) is 5.02 Å². The average Bonchev–Trinajstić information content (AvgIpc) is 2.42. The lowest BCUT2D eigenvalue weighted by atomic mass is 9.99. The van der Waals surface area contributed by atoms with Crippen LogP contribution < -0.4 is 11.3 Å². The molecule has 2 rings (SSSR count). The van der Waals surface area contributed by atoms with Gasteiger partial charge in [-0.1, -0.05) is 45.7 Å². The van der Waals surface area contributed by atoms with Crippen molar-refractivity contribution < 1.29 is 4.39 Å². The third kappa shape index (κ3) is 3.59. The highest BCUT2D eigenvalue weighted by atomic mass is 79.9. The smallest absolute Gasteiger partial charge is 0.137 e. The molecule has 0 heterocycles. The lowest BCUT2D eigenvalue weighted by Crippen LogP contribution is -2.30. The third-order valence-electron chi connectivity index (χ3n) is 3.00. The van der Waals surface area contributed by atoms with Gasteiger partial charge in [0.25, 0.3) is 0 Å². The Morgan fingerprint density at radius 3 is 2.65 bits per heavy atom. The van der Waals surface area contributed by atoms with E-state index in [2.05, 4.69) is 37.3 Å². The average molecular weight is 423 g/mol. The van der Waals surface area contributed by atoms with Crippen LogP contribution in [0, 0.1) is 5.82 Å². The van der Waals surface area contributed by atoms with Crippen LogP contribution in [0.3, 0.4) is 0 Å². The molecule has 2 aromatic rings. The third-order valence-corrected chi connectivity index (χ3v) is 4.68. The van der Waals surface area contributed by atoms with Gasteiger partial charge in [0.05, 0.1) is 10.5 Å². The van der Waals surface area contributed by atoms with Crippen LogP contribution in [0.1, 0.15) is 17.2 Å². The highest BCUT2D eigenvalue weighted by Crippen LogP contribution is 2.30. The van der Waals surface area contributed by atoms with Gasteiger partial charge in [-0.05, 0) is 51.7 Å². The zero-order valence-electron chi connectivity index (χ0n) is 10.3. The second-order valence-corrected chi connectivity index (χ2v) is 6.42. The Bertz CT molecular complexity index is 622. The van der Waals surface area contributed by atoms with E-state index in [1.807, 2.05) is 24.3 Å². The van der Waals surface area contributed by atoms with Crippen molar-refractivity contribution in [1.29, 1.82) is 0 Å². The van der Waals surface area contributed by atoms with Gasteiger partial charge in [0.1, 0.15) is 5.82 Å². The van der Waals surface area contributed by atoms with Crippen molar-refractivity contribution in [3.63, 3.8) is 0 Å². The number of nitrogens with two attached hydrogens (primary N) is 1. The number of benzene rings is 2. The van der Waals surface area contributed by atoms with Gasteiger partial charge in [0, 0.05) is 9.50 Å². The van der Waals surface area contributed by atoms with Crippen molar-refractivity contribution in [2.45, 2.75) is 12.5 Å². The summed E-state index contributed by atoms with van der Waals surface area (Å²) < 4.78 is 14.9. The fourth-order valence-corrected chi connectivity index (χ4v) is 3.25. The summed E-state index contributed by atoms with van der Waals surface area (Å²) in [5, 5.41) is 0.646. The molecule has 1 atom stereocenters. The van der Waals surface area contributed by atoms with Crippen LogP contribution in [-0.4, -0.2) is 0 Å². The van der Waals surface area contributed by atoms with Gasteiger partial charge in [-0.3, -0.25) is 11.3 Å². The summed E-state index contributed by atoms with van der Waals surface area (Å²) in [6, 6.07) is 10.3. The maximum atomic E-state index is 13.6. The molecule has 0 fully saturated rings. The number of hydrogen-bond donors (Lipinski definition) is 2. The molecule has 0 amide bonds. The molecule has 1 unspecified atom stereocenters. The quantitative estimate of drug-likeness (QED) is 0.551. The van der Waals surface area contributed by atoms with E-state index < -0.39 is 0 Å². The summed E-state index contributed by atoms with van der Waals surface area (Å²) in [5.41, 5.74) is 4.40. The zero-order valence-corrected chi connectivity index (χ0v) is 14.3. The van der Waals surface area contributed by atoms with Gasteiger partial charge in [-0.2, -0.15) is 0 Å². The van der Waals surface area contributed by atoms with Gasteiger partial charge in [0.15, 0.2) is 0 Å². The van der Waals surface area contributed by atoms with Gasteiger partial charge in [0.2, 0.25) is 0 Å². The maximum Gasteiger partial charge on any atom is 0.137 e. The van der Waals surface area contributed by atoms with E-state index in [0.29, 0.717) is 15.9 Å². The van der Waals surface area contributed by atoms with E-state index in [-0.39, 0.29) is 11.9 Å². The number of rotatable bonds is 4. The predicted octanol–water partition coefficient (Wildman–Crippen LogP) is 4.75. The van der Waals surface area contributed by atoms with Crippen molar-refractivity contribution in [2.24, 2.45) is 5.84 Å². The first-order chi connectivity index (χ1) is 9.52. The molecule has 106 valence electrons. The molecule has 0 saturated carbocycles. The summed E-state index contributed by atoms with van der Waals surface area (Å²) >= 11 is 12.8. The molecule has 0 aliphatic rings. The van der Waals surface area contributed by atoms with Crippen LogP contribution in [-0.2, 0) is 6.42 Å². The van der Waals surface area contributed by atoms with Crippen molar-refractivity contribution in [3.8, 4) is 0 Å². The fraction of sp³-hybridized carbons (Fsp3) is 0.143. The summed E-state index contributed by atoms with van der Waals surface area (Å²) in [7, 11) is 0. The molecular formula is C14H12Br2ClFN2. The van der Waals surface area contributed by atoms with Crippen LogP contribution in [0.15, 0.2) is 45.3 Å². The standard InChI is InChI=1S/C14H12Br2ClFN2/c15-9-5-4-8(11(17)7-9)6-13(20-19)10-2-1-3-12(18)14(10)16/h1-5,7,13,20H,6,19H2. The summed E-state index contributed by atoms with van der Waals surface area (Å²) in [6.45, 7) is 0. The monoisotopic (exact) mass is 420 g/mol. The summed E-state index contributed by atoms with van der Waals surface area (Å²) in [6.07, 6.45) is 0.560. The van der Waals surface area contributed by atoms with Gasteiger partial charge >= 0.3 is 0 Å². The van der Waals surface area contributed by atoms with E-state index in [4.69, 9.17) is 17.4 Å². The SMILES string of the molecule is NNC(Cc1ccc(Br)cc1Cl)c1cccc(F)c1Br. The first-order valence-electron chi connectivity index (χ1n) is 5.87. The molecule has 6 heteroatoms. The predicted molar refractivity (Wildman–Crippen MR) is 87.0 cm³/mol. The lowest BCUT2D eigenvalue weighted by Gasteiger charge is -2.19. The Kier molecular flexibility index (Phi) is 5.57. The molecule has 3 N–H and O–H groups in total. The summed E-state index contributed by atoms with van der Waals surface area (Å²) in [5.74, 6) is 5.29. The minimum absolute atomic E-state index is 0.237. The van der Waals surface area contributed by atoms with Crippen LogP contribution in [0.25, 0.3) is 0 Å². The van der Waals surface area contributed by atoms with Crippen molar-refractivity contribution in [1.82, 2.24) is 5.43 Å². The molecule has 0 radical (unpaired) electrons. The topological polar surface area (TPSA) is 38.0 Å². The van der Waals surface area contributed by atoms with Crippen LogP contribution in [0.4, 0.5) is 4.39 Å². The second-order valence-electron chi connectivity index (χ2n) is 4.30. The molecular weight excluding hydrogens is 410 g/mol. The number of hydrogen-bond acceptors (Lipinski definition) is 2. The van der Waals surface area contributed by atoms with Crippen molar-refractivity contribution in [2.75, 3.05) is 0 Å². The second kappa shape index (κ2) is 7.00. The Morgan fingerprint density at radius 2 is 2.00 bits per heavy atom. The lowest BCUT2D eigenvalue weighted by molar-refractivity contribution is 0.540. The van der Waals surface area contributed by atoms with Crippen molar-refractivity contribution in [3.05, 3.63) is 67.3 Å². The first-order valence-corrected chi connectivity index (χ1v) is 7.83. The summed E-state index contributed by atoms with van der Waals surface area (Å²) in [4.78, 5) is 0. The minimum Gasteiger partial charge on any atom is -0.271 e. The fourth-order valence-electron chi connectivity index (χ4n) is 1.96. The van der Waals surface area contributed by atoms with Gasteiger partial charge in [-0.15, -0.1) is 0 Å². The Morgan fingerprint density at radius 1 is 1.25 bits per heavy atom. The van der Waals surface area contributed by atoms with E-state index in [1.54, 1.807) is 6.07 Å². The Labute approximate surface area is 138 Å².